The van der Waals surface area contributed by atoms with Gasteiger partial charge in [-0.2, -0.15) is 5.26 Å². The van der Waals surface area contributed by atoms with Crippen LogP contribution in [0.3, 0.4) is 0 Å². The number of benzene rings is 3. The lowest BCUT2D eigenvalue weighted by Gasteiger charge is -2.15. The highest BCUT2D eigenvalue weighted by Gasteiger charge is 2.15. The molecule has 0 radical (unpaired) electrons. The lowest BCUT2D eigenvalue weighted by Crippen LogP contribution is -2.30. The summed E-state index contributed by atoms with van der Waals surface area (Å²) in [5, 5.41) is 14.5. The molecular formula is C23H19N3O3. The average Bonchev–Trinajstić information content (AvgIpc) is 2.75. The molecular weight excluding hydrogens is 366 g/mol. The summed E-state index contributed by atoms with van der Waals surface area (Å²) in [6.45, 7) is 1.63. The first-order chi connectivity index (χ1) is 14.0. The number of nitrogens with one attached hydrogen (secondary N) is 2. The molecule has 144 valence electrons. The molecule has 0 bridgehead atoms. The molecule has 0 aliphatic rings. The maximum Gasteiger partial charge on any atom is 0.265 e. The molecule has 6 nitrogen and oxygen atoms in total. The fraction of sp³-hybridized carbons (Fsp3) is 0.0870. The molecule has 0 aliphatic heterocycles. The van der Waals surface area contributed by atoms with Gasteiger partial charge in [0.15, 0.2) is 6.10 Å². The topological polar surface area (TPSA) is 91.2 Å². The van der Waals surface area contributed by atoms with Gasteiger partial charge < -0.3 is 15.4 Å². The Morgan fingerprint density at radius 2 is 1.62 bits per heavy atom. The minimum Gasteiger partial charge on any atom is -0.481 e. The summed E-state index contributed by atoms with van der Waals surface area (Å²) in [5.74, 6) is -0.0377. The standard InChI is InChI=1S/C23H19N3O3/c1-16(22(27)26-20-9-5-6-17(14-20)15-24)29-21-12-10-19(11-13-21)25-23(28)18-7-3-2-4-8-18/h2-14,16H,1H3,(H,25,28)(H,26,27)/t16-/m0/s1. The van der Waals surface area contributed by atoms with Crippen molar-refractivity contribution in [3.63, 3.8) is 0 Å². The monoisotopic (exact) mass is 385 g/mol. The number of rotatable bonds is 6. The van der Waals surface area contributed by atoms with Crippen LogP contribution in [0.25, 0.3) is 0 Å². The van der Waals surface area contributed by atoms with E-state index in [1.54, 1.807) is 79.7 Å². The molecule has 6 heteroatoms. The molecule has 2 N–H and O–H groups in total. The number of hydrogen-bond acceptors (Lipinski definition) is 4. The smallest absolute Gasteiger partial charge is 0.265 e. The molecule has 0 spiro atoms. The molecule has 3 rings (SSSR count). The number of nitrogens with zero attached hydrogens (tertiary/aromatic N) is 1. The first kappa shape index (κ1) is 19.6. The lowest BCUT2D eigenvalue weighted by molar-refractivity contribution is -0.122. The van der Waals surface area contributed by atoms with Crippen LogP contribution < -0.4 is 15.4 Å². The van der Waals surface area contributed by atoms with Crippen molar-refractivity contribution < 1.29 is 14.3 Å². The third-order valence-electron chi connectivity index (χ3n) is 4.09. The maximum absolute atomic E-state index is 12.3. The van der Waals surface area contributed by atoms with Gasteiger partial charge in [-0.1, -0.05) is 24.3 Å². The van der Waals surface area contributed by atoms with Crippen LogP contribution in [-0.4, -0.2) is 17.9 Å². The summed E-state index contributed by atoms with van der Waals surface area (Å²) >= 11 is 0. The fourth-order valence-corrected chi connectivity index (χ4v) is 2.58. The second-order valence-corrected chi connectivity index (χ2v) is 6.29. The van der Waals surface area contributed by atoms with Crippen molar-refractivity contribution >= 4 is 23.2 Å². The van der Waals surface area contributed by atoms with Crippen LogP contribution in [0.15, 0.2) is 78.9 Å². The Morgan fingerprint density at radius 3 is 2.31 bits per heavy atom. The van der Waals surface area contributed by atoms with Crippen molar-refractivity contribution in [2.45, 2.75) is 13.0 Å². The van der Waals surface area contributed by atoms with Crippen molar-refractivity contribution in [1.82, 2.24) is 0 Å². The SMILES string of the molecule is C[C@H](Oc1ccc(NC(=O)c2ccccc2)cc1)C(=O)Nc1cccc(C#N)c1. The molecule has 0 aliphatic carbocycles. The first-order valence-corrected chi connectivity index (χ1v) is 8.99. The lowest BCUT2D eigenvalue weighted by atomic mass is 10.2. The summed E-state index contributed by atoms with van der Waals surface area (Å²) in [7, 11) is 0. The second-order valence-electron chi connectivity index (χ2n) is 6.29. The van der Waals surface area contributed by atoms with Crippen molar-refractivity contribution in [2.24, 2.45) is 0 Å². The minimum atomic E-state index is -0.745. The molecule has 0 saturated heterocycles. The number of amides is 2. The quantitative estimate of drug-likeness (QED) is 0.665. The molecule has 0 saturated carbocycles. The zero-order valence-electron chi connectivity index (χ0n) is 15.8. The van der Waals surface area contributed by atoms with E-state index in [4.69, 9.17) is 10.00 Å². The van der Waals surface area contributed by atoms with Crippen LogP contribution in [0.5, 0.6) is 5.75 Å². The zero-order valence-corrected chi connectivity index (χ0v) is 15.8. The van der Waals surface area contributed by atoms with E-state index in [1.807, 2.05) is 12.1 Å². The molecule has 29 heavy (non-hydrogen) atoms. The number of hydrogen-bond donors (Lipinski definition) is 2. The minimum absolute atomic E-state index is 0.202. The van der Waals surface area contributed by atoms with Crippen LogP contribution in [0, 0.1) is 11.3 Å². The van der Waals surface area contributed by atoms with Crippen molar-refractivity contribution in [2.75, 3.05) is 10.6 Å². The Hall–Kier alpha value is -4.11. The van der Waals surface area contributed by atoms with E-state index in [2.05, 4.69) is 10.6 Å². The molecule has 0 aromatic heterocycles. The van der Waals surface area contributed by atoms with Crippen LogP contribution in [-0.2, 0) is 4.79 Å². The number of anilines is 2. The predicted octanol–water partition coefficient (Wildman–Crippen LogP) is 4.22. The Kier molecular flexibility index (Phi) is 6.23. The number of nitriles is 1. The highest BCUT2D eigenvalue weighted by molar-refractivity contribution is 6.04. The molecule has 3 aromatic rings. The zero-order chi connectivity index (χ0) is 20.6. The van der Waals surface area contributed by atoms with Gasteiger partial charge in [0.2, 0.25) is 0 Å². The van der Waals surface area contributed by atoms with E-state index < -0.39 is 6.10 Å². The molecule has 0 fully saturated rings. The summed E-state index contributed by atoms with van der Waals surface area (Å²) in [6.07, 6.45) is -0.745. The van der Waals surface area contributed by atoms with Gasteiger partial charge in [-0.3, -0.25) is 9.59 Å². The Labute approximate surface area is 168 Å². The molecule has 1 atom stereocenters. The van der Waals surface area contributed by atoms with Gasteiger partial charge in [-0.05, 0) is 61.5 Å². The normalized spacial score (nSPS) is 11.0. The molecule has 2 amide bonds. The predicted molar refractivity (Wildman–Crippen MR) is 111 cm³/mol. The number of carbonyl (C=O) groups excluding carboxylic acids is 2. The summed E-state index contributed by atoms with van der Waals surface area (Å²) in [6, 6.07) is 24.4. The van der Waals surface area contributed by atoms with Gasteiger partial charge in [0, 0.05) is 16.9 Å². The third-order valence-corrected chi connectivity index (χ3v) is 4.09. The van der Waals surface area contributed by atoms with Gasteiger partial charge in [-0.25, -0.2) is 0 Å². The van der Waals surface area contributed by atoms with Gasteiger partial charge in [0.25, 0.3) is 11.8 Å². The van der Waals surface area contributed by atoms with Crippen LogP contribution in [0.2, 0.25) is 0 Å². The Morgan fingerprint density at radius 1 is 0.897 bits per heavy atom. The van der Waals surface area contributed by atoms with Gasteiger partial charge in [-0.15, -0.1) is 0 Å². The van der Waals surface area contributed by atoms with Crippen LogP contribution >= 0.6 is 0 Å². The largest absolute Gasteiger partial charge is 0.481 e. The van der Waals surface area contributed by atoms with Crippen LogP contribution in [0.4, 0.5) is 11.4 Å². The van der Waals surface area contributed by atoms with Gasteiger partial charge in [0.1, 0.15) is 5.75 Å². The van der Waals surface area contributed by atoms with E-state index in [0.29, 0.717) is 28.3 Å². The van der Waals surface area contributed by atoms with Crippen molar-refractivity contribution in [1.29, 1.82) is 5.26 Å². The van der Waals surface area contributed by atoms with E-state index in [9.17, 15) is 9.59 Å². The summed E-state index contributed by atoms with van der Waals surface area (Å²) in [4.78, 5) is 24.5. The highest BCUT2D eigenvalue weighted by atomic mass is 16.5. The van der Waals surface area contributed by atoms with Gasteiger partial charge in [0.05, 0.1) is 11.6 Å². The van der Waals surface area contributed by atoms with Crippen molar-refractivity contribution in [3.05, 3.63) is 90.0 Å². The summed E-state index contributed by atoms with van der Waals surface area (Å²) in [5.41, 5.74) is 2.18. The Bertz CT molecular complexity index is 1040. The maximum atomic E-state index is 12.3. The van der Waals surface area contributed by atoms with E-state index in [0.717, 1.165) is 0 Å². The third kappa shape index (κ3) is 5.44. The van der Waals surface area contributed by atoms with E-state index >= 15 is 0 Å². The number of carbonyl (C=O) groups is 2. The molecule has 0 heterocycles. The average molecular weight is 385 g/mol. The van der Waals surface area contributed by atoms with Gasteiger partial charge >= 0.3 is 0 Å². The fourth-order valence-electron chi connectivity index (χ4n) is 2.58. The molecule has 3 aromatic carbocycles. The highest BCUT2D eigenvalue weighted by Crippen LogP contribution is 2.18. The van der Waals surface area contributed by atoms with Crippen LogP contribution in [0.1, 0.15) is 22.8 Å². The van der Waals surface area contributed by atoms with E-state index in [1.165, 1.54) is 0 Å². The second kappa shape index (κ2) is 9.20. The molecule has 0 unspecified atom stereocenters. The number of ether oxygens (including phenoxy) is 1. The van der Waals surface area contributed by atoms with E-state index in [-0.39, 0.29) is 11.8 Å². The summed E-state index contributed by atoms with van der Waals surface area (Å²) < 4.78 is 5.66. The first-order valence-electron chi connectivity index (χ1n) is 8.99. The Balaban J connectivity index is 1.56. The van der Waals surface area contributed by atoms with Crippen molar-refractivity contribution in [3.8, 4) is 11.8 Å².